The number of hydrogen-bond donors (Lipinski definition) is 1. The van der Waals surface area contributed by atoms with Crippen molar-refractivity contribution >= 4 is 10.9 Å². The third-order valence-electron chi connectivity index (χ3n) is 3.68. The van der Waals surface area contributed by atoms with Gasteiger partial charge in [0.2, 0.25) is 0 Å². The molecule has 0 radical (unpaired) electrons. The molecule has 1 aromatic heterocycles. The van der Waals surface area contributed by atoms with E-state index < -0.39 is 0 Å². The molecule has 1 N–H and O–H groups in total. The van der Waals surface area contributed by atoms with Crippen molar-refractivity contribution in [3.63, 3.8) is 0 Å². The normalized spacial score (nSPS) is 24.7. The van der Waals surface area contributed by atoms with Crippen molar-refractivity contribution in [3.05, 3.63) is 35.3 Å². The van der Waals surface area contributed by atoms with Crippen molar-refractivity contribution in [2.45, 2.75) is 32.6 Å². The fourth-order valence-electron chi connectivity index (χ4n) is 3.12. The Morgan fingerprint density at radius 2 is 2.12 bits per heavy atom. The Balaban J connectivity index is 2.27. The van der Waals surface area contributed by atoms with Crippen LogP contribution >= 0.6 is 0 Å². The lowest BCUT2D eigenvalue weighted by atomic mass is 9.81. The summed E-state index contributed by atoms with van der Waals surface area (Å²) in [6, 6.07) is 5.04. The van der Waals surface area contributed by atoms with Crippen LogP contribution in [0.1, 0.15) is 37.4 Å². The van der Waals surface area contributed by atoms with E-state index in [1.165, 1.54) is 23.7 Å². The fraction of sp³-hybridized carbons (Fsp3) is 0.429. The first-order valence-corrected chi connectivity index (χ1v) is 5.95. The van der Waals surface area contributed by atoms with Gasteiger partial charge in [0.15, 0.2) is 0 Å². The summed E-state index contributed by atoms with van der Waals surface area (Å²) < 4.78 is 13.3. The fourth-order valence-corrected chi connectivity index (χ4v) is 3.12. The molecular formula is C14H16FN. The number of aromatic nitrogens is 1. The first-order valence-electron chi connectivity index (χ1n) is 5.95. The molecule has 2 heteroatoms. The minimum atomic E-state index is -0.139. The third kappa shape index (κ3) is 1.36. The number of halogens is 1. The Bertz CT molecular complexity index is 541. The molecule has 1 aliphatic rings. The molecule has 3 rings (SSSR count). The second-order valence-electron chi connectivity index (χ2n) is 5.15. The van der Waals surface area contributed by atoms with Gasteiger partial charge >= 0.3 is 0 Å². The van der Waals surface area contributed by atoms with Crippen LogP contribution in [0.15, 0.2) is 18.2 Å². The summed E-state index contributed by atoms with van der Waals surface area (Å²) in [7, 11) is 0. The molecule has 0 saturated carbocycles. The van der Waals surface area contributed by atoms with E-state index in [1.54, 1.807) is 6.07 Å². The van der Waals surface area contributed by atoms with E-state index in [2.05, 4.69) is 18.8 Å². The lowest BCUT2D eigenvalue weighted by molar-refractivity contribution is 0.448. The SMILES string of the molecule is CC1Cc2[nH]c3ccc(F)cc3c2C(C)C1. The highest BCUT2D eigenvalue weighted by atomic mass is 19.1. The molecule has 1 aliphatic carbocycles. The molecule has 1 heterocycles. The molecule has 0 amide bonds. The molecule has 0 fully saturated rings. The zero-order chi connectivity index (χ0) is 11.3. The van der Waals surface area contributed by atoms with Crippen molar-refractivity contribution in [3.8, 4) is 0 Å². The average Bonchev–Trinajstić information content (AvgIpc) is 2.54. The first kappa shape index (κ1) is 9.88. The summed E-state index contributed by atoms with van der Waals surface area (Å²) in [6.07, 6.45) is 2.30. The predicted molar refractivity (Wildman–Crippen MR) is 64.2 cm³/mol. The monoisotopic (exact) mass is 217 g/mol. The molecular weight excluding hydrogens is 201 g/mol. The van der Waals surface area contributed by atoms with Crippen LogP contribution in [0.4, 0.5) is 4.39 Å². The highest BCUT2D eigenvalue weighted by Crippen LogP contribution is 2.39. The van der Waals surface area contributed by atoms with Gasteiger partial charge in [-0.1, -0.05) is 13.8 Å². The van der Waals surface area contributed by atoms with E-state index in [0.717, 1.165) is 23.2 Å². The quantitative estimate of drug-likeness (QED) is 0.686. The van der Waals surface area contributed by atoms with Gasteiger partial charge in [0.05, 0.1) is 0 Å². The van der Waals surface area contributed by atoms with Gasteiger partial charge in [0.1, 0.15) is 5.82 Å². The minimum Gasteiger partial charge on any atom is -0.358 e. The van der Waals surface area contributed by atoms with Crippen LogP contribution in [0.25, 0.3) is 10.9 Å². The molecule has 2 unspecified atom stereocenters. The van der Waals surface area contributed by atoms with Crippen LogP contribution in [0.3, 0.4) is 0 Å². The highest BCUT2D eigenvalue weighted by Gasteiger charge is 2.25. The number of nitrogens with one attached hydrogen (secondary N) is 1. The number of H-pyrrole nitrogens is 1. The summed E-state index contributed by atoms with van der Waals surface area (Å²) in [5.74, 6) is 1.12. The molecule has 16 heavy (non-hydrogen) atoms. The maximum atomic E-state index is 13.3. The molecule has 0 bridgehead atoms. The Kier molecular flexibility index (Phi) is 2.06. The third-order valence-corrected chi connectivity index (χ3v) is 3.68. The van der Waals surface area contributed by atoms with Crippen LogP contribution in [-0.2, 0) is 6.42 Å². The van der Waals surface area contributed by atoms with Crippen LogP contribution in [-0.4, -0.2) is 4.98 Å². The van der Waals surface area contributed by atoms with Gasteiger partial charge < -0.3 is 4.98 Å². The molecule has 0 spiro atoms. The smallest absolute Gasteiger partial charge is 0.123 e. The summed E-state index contributed by atoms with van der Waals surface area (Å²) >= 11 is 0. The Morgan fingerprint density at radius 1 is 1.31 bits per heavy atom. The topological polar surface area (TPSA) is 15.8 Å². The lowest BCUT2D eigenvalue weighted by Crippen LogP contribution is -2.13. The van der Waals surface area contributed by atoms with E-state index >= 15 is 0 Å². The van der Waals surface area contributed by atoms with Gasteiger partial charge in [-0.15, -0.1) is 0 Å². The molecule has 1 aromatic carbocycles. The van der Waals surface area contributed by atoms with E-state index in [4.69, 9.17) is 0 Å². The van der Waals surface area contributed by atoms with E-state index in [1.807, 2.05) is 6.07 Å². The largest absolute Gasteiger partial charge is 0.358 e. The van der Waals surface area contributed by atoms with Crippen molar-refractivity contribution < 1.29 is 4.39 Å². The summed E-state index contributed by atoms with van der Waals surface area (Å²) in [4.78, 5) is 3.44. The Labute approximate surface area is 94.7 Å². The number of fused-ring (bicyclic) bond motifs is 3. The average molecular weight is 217 g/mol. The zero-order valence-corrected chi connectivity index (χ0v) is 9.68. The highest BCUT2D eigenvalue weighted by molar-refractivity contribution is 5.85. The zero-order valence-electron chi connectivity index (χ0n) is 9.68. The molecule has 0 saturated heterocycles. The second-order valence-corrected chi connectivity index (χ2v) is 5.15. The Hall–Kier alpha value is -1.31. The maximum absolute atomic E-state index is 13.3. The van der Waals surface area contributed by atoms with Gasteiger partial charge in [-0.2, -0.15) is 0 Å². The van der Waals surface area contributed by atoms with Crippen molar-refractivity contribution in [1.82, 2.24) is 4.98 Å². The lowest BCUT2D eigenvalue weighted by Gasteiger charge is -2.24. The van der Waals surface area contributed by atoms with Gasteiger partial charge in [-0.25, -0.2) is 4.39 Å². The van der Waals surface area contributed by atoms with Crippen LogP contribution in [0.5, 0.6) is 0 Å². The molecule has 0 aliphatic heterocycles. The maximum Gasteiger partial charge on any atom is 0.123 e. The summed E-state index contributed by atoms with van der Waals surface area (Å²) in [5.41, 5.74) is 3.73. The first-order chi connectivity index (χ1) is 7.65. The molecule has 1 nitrogen and oxygen atoms in total. The van der Waals surface area contributed by atoms with E-state index in [0.29, 0.717) is 5.92 Å². The van der Waals surface area contributed by atoms with Crippen LogP contribution in [0, 0.1) is 11.7 Å². The number of benzene rings is 1. The van der Waals surface area contributed by atoms with Crippen LogP contribution in [0.2, 0.25) is 0 Å². The predicted octanol–water partition coefficient (Wildman–Crippen LogP) is 3.99. The molecule has 84 valence electrons. The number of rotatable bonds is 0. The standard InChI is InChI=1S/C14H16FN/c1-8-5-9(2)14-11-7-10(15)3-4-12(11)16-13(14)6-8/h3-4,7-9,16H,5-6H2,1-2H3. The van der Waals surface area contributed by atoms with Gasteiger partial charge in [-0.3, -0.25) is 0 Å². The second kappa shape index (κ2) is 3.34. The molecule has 2 atom stereocenters. The minimum absolute atomic E-state index is 0.139. The van der Waals surface area contributed by atoms with Gasteiger partial charge in [0, 0.05) is 16.6 Å². The van der Waals surface area contributed by atoms with E-state index in [9.17, 15) is 4.39 Å². The summed E-state index contributed by atoms with van der Waals surface area (Å²) in [5, 5.41) is 1.08. The van der Waals surface area contributed by atoms with Crippen molar-refractivity contribution in [2.75, 3.05) is 0 Å². The van der Waals surface area contributed by atoms with E-state index in [-0.39, 0.29) is 5.82 Å². The number of aromatic amines is 1. The number of hydrogen-bond acceptors (Lipinski definition) is 0. The van der Waals surface area contributed by atoms with Crippen molar-refractivity contribution in [1.29, 1.82) is 0 Å². The van der Waals surface area contributed by atoms with Gasteiger partial charge in [-0.05, 0) is 48.4 Å². The summed E-state index contributed by atoms with van der Waals surface area (Å²) in [6.45, 7) is 4.53. The Morgan fingerprint density at radius 3 is 2.94 bits per heavy atom. The van der Waals surface area contributed by atoms with Gasteiger partial charge in [0.25, 0.3) is 0 Å². The van der Waals surface area contributed by atoms with Crippen molar-refractivity contribution in [2.24, 2.45) is 5.92 Å². The van der Waals surface area contributed by atoms with Crippen LogP contribution < -0.4 is 0 Å². The molecule has 2 aromatic rings.